The lowest BCUT2D eigenvalue weighted by Crippen LogP contribution is -2.01. The molecule has 0 saturated carbocycles. The molecule has 0 atom stereocenters. The predicted octanol–water partition coefficient (Wildman–Crippen LogP) is 2.03. The number of H-pyrrole nitrogens is 1. The molecule has 0 aliphatic heterocycles. The standard InChI is InChI=1S/C11H14N4/c1-8-3-4-12-7-11(8)14-6-10-5-13-9(2)15-10/h3-5,7,14H,6H2,1-2H3,(H,13,15). The van der Waals surface area contributed by atoms with Crippen LogP contribution in [0.15, 0.2) is 24.7 Å². The van der Waals surface area contributed by atoms with Crippen LogP contribution in [-0.2, 0) is 6.54 Å². The van der Waals surface area contributed by atoms with Crippen molar-refractivity contribution in [1.82, 2.24) is 15.0 Å². The van der Waals surface area contributed by atoms with E-state index in [2.05, 4.69) is 27.2 Å². The summed E-state index contributed by atoms with van der Waals surface area (Å²) < 4.78 is 0. The Bertz CT molecular complexity index is 447. The molecule has 2 aromatic rings. The van der Waals surface area contributed by atoms with Gasteiger partial charge in [0.2, 0.25) is 0 Å². The Morgan fingerprint density at radius 1 is 1.33 bits per heavy atom. The zero-order valence-corrected chi connectivity index (χ0v) is 8.91. The molecule has 2 heterocycles. The first-order chi connectivity index (χ1) is 7.25. The van der Waals surface area contributed by atoms with E-state index in [-0.39, 0.29) is 0 Å². The van der Waals surface area contributed by atoms with Crippen molar-refractivity contribution in [2.45, 2.75) is 20.4 Å². The number of nitrogens with zero attached hydrogens (tertiary/aromatic N) is 2. The smallest absolute Gasteiger partial charge is 0.103 e. The van der Waals surface area contributed by atoms with Crippen LogP contribution in [0.3, 0.4) is 0 Å². The Labute approximate surface area is 88.8 Å². The number of nitrogens with one attached hydrogen (secondary N) is 2. The molecule has 2 rings (SSSR count). The van der Waals surface area contributed by atoms with Crippen molar-refractivity contribution >= 4 is 5.69 Å². The van der Waals surface area contributed by atoms with Gasteiger partial charge in [-0.1, -0.05) is 0 Å². The van der Waals surface area contributed by atoms with Gasteiger partial charge >= 0.3 is 0 Å². The predicted molar refractivity (Wildman–Crippen MR) is 59.6 cm³/mol. The van der Waals surface area contributed by atoms with Gasteiger partial charge in [-0.15, -0.1) is 0 Å². The van der Waals surface area contributed by atoms with E-state index in [1.54, 1.807) is 6.20 Å². The number of anilines is 1. The zero-order chi connectivity index (χ0) is 10.7. The highest BCUT2D eigenvalue weighted by Crippen LogP contribution is 2.12. The summed E-state index contributed by atoms with van der Waals surface area (Å²) in [6.45, 7) is 4.74. The number of hydrogen-bond donors (Lipinski definition) is 2. The summed E-state index contributed by atoms with van der Waals surface area (Å²) in [5.74, 6) is 0.940. The molecule has 0 aliphatic carbocycles. The highest BCUT2D eigenvalue weighted by Gasteiger charge is 1.99. The van der Waals surface area contributed by atoms with Crippen LogP contribution in [0.25, 0.3) is 0 Å². The number of imidazole rings is 1. The van der Waals surface area contributed by atoms with Crippen LogP contribution in [0, 0.1) is 13.8 Å². The van der Waals surface area contributed by atoms with Gasteiger partial charge in [0, 0.05) is 6.20 Å². The molecule has 2 aromatic heterocycles. The highest BCUT2D eigenvalue weighted by atomic mass is 15.0. The second-order valence-electron chi connectivity index (χ2n) is 3.54. The van der Waals surface area contributed by atoms with Gasteiger partial charge in [0.05, 0.1) is 30.3 Å². The van der Waals surface area contributed by atoms with Crippen molar-refractivity contribution in [1.29, 1.82) is 0 Å². The summed E-state index contributed by atoms with van der Waals surface area (Å²) in [7, 11) is 0. The molecule has 4 heteroatoms. The normalized spacial score (nSPS) is 10.3. The maximum absolute atomic E-state index is 4.14. The molecule has 0 unspecified atom stereocenters. The minimum Gasteiger partial charge on any atom is -0.378 e. The van der Waals surface area contributed by atoms with E-state index in [9.17, 15) is 0 Å². The maximum Gasteiger partial charge on any atom is 0.103 e. The van der Waals surface area contributed by atoms with E-state index in [0.717, 1.165) is 23.8 Å². The van der Waals surface area contributed by atoms with Crippen molar-refractivity contribution in [3.05, 3.63) is 41.7 Å². The largest absolute Gasteiger partial charge is 0.378 e. The SMILES string of the molecule is Cc1ncc(CNc2cnccc2C)[nH]1. The average molecular weight is 202 g/mol. The molecule has 78 valence electrons. The summed E-state index contributed by atoms with van der Waals surface area (Å²) in [6, 6.07) is 1.99. The molecule has 0 radical (unpaired) electrons. The van der Waals surface area contributed by atoms with E-state index >= 15 is 0 Å². The zero-order valence-electron chi connectivity index (χ0n) is 8.91. The second kappa shape index (κ2) is 4.13. The van der Waals surface area contributed by atoms with E-state index in [0.29, 0.717) is 0 Å². The van der Waals surface area contributed by atoms with Gasteiger partial charge in [-0.05, 0) is 25.5 Å². The Hall–Kier alpha value is -1.84. The van der Waals surface area contributed by atoms with Crippen molar-refractivity contribution < 1.29 is 0 Å². The lowest BCUT2D eigenvalue weighted by atomic mass is 10.2. The van der Waals surface area contributed by atoms with E-state index in [1.807, 2.05) is 25.4 Å². The van der Waals surface area contributed by atoms with E-state index in [1.165, 1.54) is 5.56 Å². The maximum atomic E-state index is 4.14. The third-order valence-corrected chi connectivity index (χ3v) is 2.26. The topological polar surface area (TPSA) is 53.6 Å². The first kappa shape index (κ1) is 9.71. The number of pyridine rings is 1. The lowest BCUT2D eigenvalue weighted by Gasteiger charge is -2.06. The number of rotatable bonds is 3. The molecule has 0 amide bonds. The van der Waals surface area contributed by atoms with Crippen molar-refractivity contribution in [2.24, 2.45) is 0 Å². The Kier molecular flexibility index (Phi) is 2.67. The number of aromatic amines is 1. The number of hydrogen-bond acceptors (Lipinski definition) is 3. The summed E-state index contributed by atoms with van der Waals surface area (Å²) in [5.41, 5.74) is 3.33. The quantitative estimate of drug-likeness (QED) is 0.800. The number of aromatic nitrogens is 3. The Morgan fingerprint density at radius 2 is 2.20 bits per heavy atom. The third kappa shape index (κ3) is 2.34. The molecular formula is C11H14N4. The molecule has 0 aliphatic rings. The van der Waals surface area contributed by atoms with Gasteiger partial charge in [0.15, 0.2) is 0 Å². The van der Waals surface area contributed by atoms with Crippen LogP contribution in [0.4, 0.5) is 5.69 Å². The molecule has 15 heavy (non-hydrogen) atoms. The second-order valence-corrected chi connectivity index (χ2v) is 3.54. The van der Waals surface area contributed by atoms with Crippen molar-refractivity contribution in [3.63, 3.8) is 0 Å². The average Bonchev–Trinajstić information content (AvgIpc) is 2.63. The molecule has 0 aromatic carbocycles. The van der Waals surface area contributed by atoms with E-state index in [4.69, 9.17) is 0 Å². The molecule has 0 fully saturated rings. The van der Waals surface area contributed by atoms with Crippen molar-refractivity contribution in [3.8, 4) is 0 Å². The van der Waals surface area contributed by atoms with Gasteiger partial charge in [0.25, 0.3) is 0 Å². The molecular weight excluding hydrogens is 188 g/mol. The fourth-order valence-corrected chi connectivity index (χ4v) is 1.40. The molecule has 0 saturated heterocycles. The summed E-state index contributed by atoms with van der Waals surface area (Å²) in [4.78, 5) is 11.4. The Balaban J connectivity index is 2.02. The Morgan fingerprint density at radius 3 is 2.87 bits per heavy atom. The molecule has 0 bridgehead atoms. The minimum absolute atomic E-state index is 0.743. The third-order valence-electron chi connectivity index (χ3n) is 2.26. The monoisotopic (exact) mass is 202 g/mol. The molecule has 4 nitrogen and oxygen atoms in total. The first-order valence-electron chi connectivity index (χ1n) is 4.90. The van der Waals surface area contributed by atoms with Gasteiger partial charge < -0.3 is 10.3 Å². The number of aryl methyl sites for hydroxylation is 2. The fraction of sp³-hybridized carbons (Fsp3) is 0.273. The fourth-order valence-electron chi connectivity index (χ4n) is 1.40. The highest BCUT2D eigenvalue weighted by molar-refractivity contribution is 5.47. The van der Waals surface area contributed by atoms with Crippen LogP contribution in [0.5, 0.6) is 0 Å². The van der Waals surface area contributed by atoms with Gasteiger partial charge in [-0.2, -0.15) is 0 Å². The summed E-state index contributed by atoms with van der Waals surface area (Å²) >= 11 is 0. The molecule has 2 N–H and O–H groups in total. The van der Waals surface area contributed by atoms with Crippen LogP contribution >= 0.6 is 0 Å². The van der Waals surface area contributed by atoms with E-state index < -0.39 is 0 Å². The first-order valence-corrected chi connectivity index (χ1v) is 4.90. The van der Waals surface area contributed by atoms with Gasteiger partial charge in [-0.3, -0.25) is 4.98 Å². The van der Waals surface area contributed by atoms with Crippen LogP contribution in [0.2, 0.25) is 0 Å². The van der Waals surface area contributed by atoms with Crippen LogP contribution in [-0.4, -0.2) is 15.0 Å². The van der Waals surface area contributed by atoms with Gasteiger partial charge in [0.1, 0.15) is 5.82 Å². The molecule has 0 spiro atoms. The van der Waals surface area contributed by atoms with Gasteiger partial charge in [-0.25, -0.2) is 4.98 Å². The van der Waals surface area contributed by atoms with Crippen molar-refractivity contribution in [2.75, 3.05) is 5.32 Å². The summed E-state index contributed by atoms with van der Waals surface area (Å²) in [5, 5.41) is 3.31. The summed E-state index contributed by atoms with van der Waals surface area (Å²) in [6.07, 6.45) is 5.47. The van der Waals surface area contributed by atoms with Crippen LogP contribution < -0.4 is 5.32 Å². The minimum atomic E-state index is 0.743. The lowest BCUT2D eigenvalue weighted by molar-refractivity contribution is 1.04. The van der Waals surface area contributed by atoms with Crippen LogP contribution in [0.1, 0.15) is 17.1 Å².